The van der Waals surface area contributed by atoms with E-state index in [-0.39, 0.29) is 50.6 Å². The minimum Gasteiger partial charge on any atom is -0.457 e. The molecule has 0 aliphatic heterocycles. The number of hydrogen-bond donors (Lipinski definition) is 4. The first-order valence-electron chi connectivity index (χ1n) is 2.01. The Hall–Kier alpha value is 0.709. The molecule has 0 aliphatic carbocycles. The molecule has 14 heavy (non-hydrogen) atoms. The van der Waals surface area contributed by atoms with E-state index in [0.29, 0.717) is 13.1 Å². The molecule has 0 spiro atoms. The first kappa shape index (κ1) is 46.5. The summed E-state index contributed by atoms with van der Waals surface area (Å²) in [6, 6.07) is 0. The number of hydrogen-bond acceptors (Lipinski definition) is 4. The van der Waals surface area contributed by atoms with Gasteiger partial charge in [0.05, 0.1) is 0 Å². The number of rotatable bonds is 1. The summed E-state index contributed by atoms with van der Waals surface area (Å²) < 4.78 is 31.6. The third-order valence-electron chi connectivity index (χ3n) is 0.167. The maximum atomic E-state index is 8.74. The third kappa shape index (κ3) is 597. The Morgan fingerprint density at radius 1 is 1.00 bits per heavy atom. The van der Waals surface area contributed by atoms with Gasteiger partial charge < -0.3 is 27.9 Å². The van der Waals surface area contributed by atoms with Crippen LogP contribution >= 0.6 is 0 Å². The molecule has 14 N–H and O–H groups in total. The topological polar surface area (TPSA) is 224 Å². The predicted octanol–water partition coefficient (Wildman–Crippen LogP) is -4.42. The van der Waals surface area contributed by atoms with Crippen molar-refractivity contribution in [2.45, 2.75) is 0 Å². The van der Waals surface area contributed by atoms with Gasteiger partial charge in [0.15, 0.2) is 0 Å². The second-order valence-electron chi connectivity index (χ2n) is 1.03. The van der Waals surface area contributed by atoms with Gasteiger partial charge in [-0.15, -0.1) is 0 Å². The summed E-state index contributed by atoms with van der Waals surface area (Å²) in [4.78, 5) is 0. The first-order valence-corrected chi connectivity index (χ1v) is 3.41. The Morgan fingerprint density at radius 3 is 1.07 bits per heavy atom. The van der Waals surface area contributed by atoms with Crippen LogP contribution < -0.4 is 11.5 Å². The molecule has 9 nitrogen and oxygen atoms in total. The van der Waals surface area contributed by atoms with Crippen LogP contribution in [0.5, 0.6) is 0 Å². The van der Waals surface area contributed by atoms with Gasteiger partial charge in [0, 0.05) is 30.2 Å². The fraction of sp³-hybridized carbons (Fsp3) is 1.00. The zero-order chi connectivity index (χ0) is 7.91. The molecule has 0 unspecified atom stereocenters. The van der Waals surface area contributed by atoms with Gasteiger partial charge in [0.1, 0.15) is 0 Å². The Bertz CT molecular complexity index is 131. The molecule has 0 fully saturated rings. The molecular formula is C2H18Cu2N2O7S+4. The minimum atomic E-state index is -4.67. The van der Waals surface area contributed by atoms with Crippen LogP contribution in [0.1, 0.15) is 0 Å². The fourth-order valence-electron chi connectivity index (χ4n) is 0. The Labute approximate surface area is 103 Å². The van der Waals surface area contributed by atoms with Crippen molar-refractivity contribution in [1.29, 1.82) is 0 Å². The van der Waals surface area contributed by atoms with Gasteiger partial charge in [-0.1, -0.05) is 0 Å². The molecule has 0 aromatic heterocycles. The molecular weight excluding hydrogens is 323 g/mol. The third-order valence-corrected chi connectivity index (χ3v) is 0.167. The average molecular weight is 341 g/mol. The van der Waals surface area contributed by atoms with E-state index in [9.17, 15) is 0 Å². The van der Waals surface area contributed by atoms with E-state index in [1.165, 1.54) is 0 Å². The van der Waals surface area contributed by atoms with Gasteiger partial charge in [-0.2, -0.15) is 8.42 Å². The fourth-order valence-corrected chi connectivity index (χ4v) is 0. The van der Waals surface area contributed by atoms with Crippen molar-refractivity contribution < 1.29 is 68.1 Å². The average Bonchev–Trinajstić information content (AvgIpc) is 1.61. The minimum absolute atomic E-state index is 0. The Balaban J connectivity index is -0.0000000104. The van der Waals surface area contributed by atoms with Gasteiger partial charge in [-0.3, -0.25) is 9.11 Å². The smallest absolute Gasteiger partial charge is 0.457 e. The van der Waals surface area contributed by atoms with Gasteiger partial charge in [0.2, 0.25) is 0 Å². The molecule has 2 radical (unpaired) electrons. The van der Waals surface area contributed by atoms with Gasteiger partial charge in [-0.05, 0) is 0 Å². The van der Waals surface area contributed by atoms with Crippen molar-refractivity contribution in [2.24, 2.45) is 11.5 Å². The first-order chi connectivity index (χ1) is 3.91. The Kier molecular flexibility index (Phi) is 97.0. The molecule has 0 bridgehead atoms. The van der Waals surface area contributed by atoms with E-state index in [4.69, 9.17) is 29.0 Å². The molecule has 0 saturated carbocycles. The molecule has 0 aromatic carbocycles. The normalized spacial score (nSPS) is 6.29. The van der Waals surface area contributed by atoms with Crippen LogP contribution in [0.2, 0.25) is 0 Å². The second-order valence-corrected chi connectivity index (χ2v) is 1.92. The Morgan fingerprint density at radius 2 is 1.07 bits per heavy atom. The van der Waals surface area contributed by atoms with Crippen molar-refractivity contribution >= 4 is 10.4 Å². The summed E-state index contributed by atoms with van der Waals surface area (Å²) in [7, 11) is -4.67. The van der Waals surface area contributed by atoms with E-state index < -0.39 is 10.4 Å². The zero-order valence-corrected chi connectivity index (χ0v) is 9.65. The van der Waals surface area contributed by atoms with Crippen LogP contribution in [0.25, 0.3) is 0 Å². The summed E-state index contributed by atoms with van der Waals surface area (Å²) >= 11 is 0. The summed E-state index contributed by atoms with van der Waals surface area (Å²) in [6.45, 7) is 1.19. The SMILES string of the molecule is NCCN.O.O=S(=O)(O)O.[Cu+2].[Cu].[OH3+].[OH3+]. The summed E-state index contributed by atoms with van der Waals surface area (Å²) in [5, 5.41) is 0. The molecule has 0 amide bonds. The van der Waals surface area contributed by atoms with Crippen molar-refractivity contribution in [3.63, 3.8) is 0 Å². The van der Waals surface area contributed by atoms with E-state index >= 15 is 0 Å². The van der Waals surface area contributed by atoms with Crippen LogP contribution in [0.3, 0.4) is 0 Å². The van der Waals surface area contributed by atoms with E-state index in [1.54, 1.807) is 0 Å². The van der Waals surface area contributed by atoms with Crippen LogP contribution in [0.4, 0.5) is 0 Å². The van der Waals surface area contributed by atoms with Gasteiger partial charge in [-0.25, -0.2) is 0 Å². The van der Waals surface area contributed by atoms with Crippen LogP contribution in [0.15, 0.2) is 0 Å². The molecule has 0 aliphatic rings. The molecule has 0 atom stereocenters. The van der Waals surface area contributed by atoms with Crippen molar-refractivity contribution in [2.75, 3.05) is 13.1 Å². The van der Waals surface area contributed by atoms with Gasteiger partial charge in [0.25, 0.3) is 0 Å². The molecule has 0 rings (SSSR count). The quantitative estimate of drug-likeness (QED) is 0.209. The molecule has 0 heterocycles. The van der Waals surface area contributed by atoms with Crippen LogP contribution in [0, 0.1) is 0 Å². The van der Waals surface area contributed by atoms with E-state index in [1.807, 2.05) is 0 Å². The van der Waals surface area contributed by atoms with E-state index in [2.05, 4.69) is 0 Å². The van der Waals surface area contributed by atoms with Crippen LogP contribution in [-0.4, -0.2) is 36.1 Å². The predicted molar refractivity (Wildman–Crippen MR) is 45.6 cm³/mol. The molecule has 12 heteroatoms. The molecule has 0 aromatic rings. The maximum Gasteiger partial charge on any atom is 2.00 e. The summed E-state index contributed by atoms with van der Waals surface area (Å²) in [6.07, 6.45) is 0. The van der Waals surface area contributed by atoms with Crippen LogP contribution in [-0.2, 0) is 55.5 Å². The van der Waals surface area contributed by atoms with Gasteiger partial charge >= 0.3 is 27.5 Å². The zero-order valence-electron chi connectivity index (χ0n) is 6.95. The summed E-state index contributed by atoms with van der Waals surface area (Å²) in [5.74, 6) is 0. The standard InChI is InChI=1S/C2H8N2.2Cu.H2O4S.3H2O/c3-1-2-4;;;1-5(2,3)4;;;/h1-4H2;;;(H2,1,2,3,4);3*1H2/q;;+2;;;;/p+2. The molecule has 102 valence electrons. The maximum absolute atomic E-state index is 8.74. The number of nitrogens with two attached hydrogens (primary N) is 2. The van der Waals surface area contributed by atoms with Crippen molar-refractivity contribution in [1.82, 2.24) is 0 Å². The molecule has 0 saturated heterocycles. The second kappa shape index (κ2) is 29.2. The summed E-state index contributed by atoms with van der Waals surface area (Å²) in [5.41, 5.74) is 9.81. The van der Waals surface area contributed by atoms with Crippen molar-refractivity contribution in [3.05, 3.63) is 0 Å². The van der Waals surface area contributed by atoms with Crippen molar-refractivity contribution in [3.8, 4) is 0 Å². The van der Waals surface area contributed by atoms with E-state index in [0.717, 1.165) is 0 Å². The monoisotopic (exact) mass is 340 g/mol. The largest absolute Gasteiger partial charge is 2.00 e.